The smallest absolute Gasteiger partial charge is 0.232 e. The van der Waals surface area contributed by atoms with Crippen molar-refractivity contribution < 1.29 is 4.92 Å². The van der Waals surface area contributed by atoms with Crippen LogP contribution in [0.5, 0.6) is 0 Å². The molecule has 1 unspecified atom stereocenters. The van der Waals surface area contributed by atoms with Crippen LogP contribution in [-0.4, -0.2) is 25.7 Å². The highest BCUT2D eigenvalue weighted by atomic mass is 16.6. The van der Waals surface area contributed by atoms with Crippen molar-refractivity contribution >= 4 is 0 Å². The largest absolute Gasteiger partial charge is 0.264 e. The Hall–Kier alpha value is -1.46. The van der Waals surface area contributed by atoms with Gasteiger partial charge in [-0.1, -0.05) is 6.92 Å². The lowest BCUT2D eigenvalue weighted by Gasteiger charge is -2.15. The van der Waals surface area contributed by atoms with Crippen LogP contribution in [-0.2, 0) is 19.4 Å². The van der Waals surface area contributed by atoms with E-state index in [-0.39, 0.29) is 4.92 Å². The minimum Gasteiger partial charge on any atom is -0.264 e. The molecule has 2 heterocycles. The molecular formula is C8H12N4O2. The van der Waals surface area contributed by atoms with Gasteiger partial charge in [0.25, 0.3) is 0 Å². The molecule has 0 saturated carbocycles. The van der Waals surface area contributed by atoms with Crippen molar-refractivity contribution in [3.8, 4) is 0 Å². The number of hydrogen-bond donors (Lipinski definition) is 0. The monoisotopic (exact) mass is 196 g/mol. The fourth-order valence-electron chi connectivity index (χ4n) is 1.67. The van der Waals surface area contributed by atoms with Gasteiger partial charge in [0.2, 0.25) is 6.04 Å². The van der Waals surface area contributed by atoms with E-state index in [9.17, 15) is 10.1 Å². The third-order valence-corrected chi connectivity index (χ3v) is 2.49. The number of rotatable bonds is 2. The van der Waals surface area contributed by atoms with Crippen LogP contribution in [0.15, 0.2) is 0 Å². The molecule has 0 aromatic carbocycles. The summed E-state index contributed by atoms with van der Waals surface area (Å²) >= 11 is 0. The van der Waals surface area contributed by atoms with Crippen LogP contribution < -0.4 is 0 Å². The van der Waals surface area contributed by atoms with Gasteiger partial charge in [0.15, 0.2) is 5.82 Å². The zero-order valence-corrected chi connectivity index (χ0v) is 8.01. The van der Waals surface area contributed by atoms with E-state index in [1.807, 2.05) is 6.92 Å². The Kier molecular flexibility index (Phi) is 2.18. The van der Waals surface area contributed by atoms with Crippen molar-refractivity contribution in [1.29, 1.82) is 0 Å². The first-order valence-electron chi connectivity index (χ1n) is 4.76. The van der Waals surface area contributed by atoms with Crippen molar-refractivity contribution in [3.05, 3.63) is 21.8 Å². The van der Waals surface area contributed by atoms with Gasteiger partial charge in [0, 0.05) is 24.2 Å². The number of aromatic nitrogens is 3. The van der Waals surface area contributed by atoms with Gasteiger partial charge in [-0.15, -0.1) is 0 Å². The summed E-state index contributed by atoms with van der Waals surface area (Å²) < 4.78 is 1.68. The van der Waals surface area contributed by atoms with Crippen LogP contribution in [0.4, 0.5) is 0 Å². The molecule has 0 saturated heterocycles. The summed E-state index contributed by atoms with van der Waals surface area (Å²) in [6.45, 7) is 2.35. The molecule has 0 aliphatic carbocycles. The van der Waals surface area contributed by atoms with Crippen LogP contribution in [0, 0.1) is 10.1 Å². The topological polar surface area (TPSA) is 73.8 Å². The lowest BCUT2D eigenvalue weighted by atomic mass is 10.1. The molecule has 1 aliphatic heterocycles. The minimum atomic E-state index is -0.492. The lowest BCUT2D eigenvalue weighted by Crippen LogP contribution is -2.31. The van der Waals surface area contributed by atoms with Gasteiger partial charge in [0.1, 0.15) is 12.4 Å². The summed E-state index contributed by atoms with van der Waals surface area (Å²) in [5, 5.41) is 14.8. The van der Waals surface area contributed by atoms with Gasteiger partial charge in [-0.05, 0) is 0 Å². The fraction of sp³-hybridized carbons (Fsp3) is 0.750. The molecule has 2 rings (SSSR count). The summed E-state index contributed by atoms with van der Waals surface area (Å²) in [5.74, 6) is 1.67. The molecule has 0 fully saturated rings. The molecule has 0 N–H and O–H groups in total. The summed E-state index contributed by atoms with van der Waals surface area (Å²) in [6, 6.07) is -0.492. The second kappa shape index (κ2) is 3.36. The predicted molar refractivity (Wildman–Crippen MR) is 48.5 cm³/mol. The second-order valence-corrected chi connectivity index (χ2v) is 3.46. The van der Waals surface area contributed by atoms with E-state index < -0.39 is 6.04 Å². The van der Waals surface area contributed by atoms with Crippen LogP contribution in [0.3, 0.4) is 0 Å². The predicted octanol–water partition coefficient (Wildman–Crippen LogP) is 0.432. The first-order valence-corrected chi connectivity index (χ1v) is 4.76. The van der Waals surface area contributed by atoms with E-state index in [4.69, 9.17) is 0 Å². The van der Waals surface area contributed by atoms with Gasteiger partial charge >= 0.3 is 0 Å². The Balaban J connectivity index is 2.21. The molecule has 76 valence electrons. The van der Waals surface area contributed by atoms with Crippen LogP contribution in [0.2, 0.25) is 0 Å². The number of hydrogen-bond acceptors (Lipinski definition) is 4. The van der Waals surface area contributed by atoms with E-state index in [0.717, 1.165) is 18.1 Å². The highest BCUT2D eigenvalue weighted by Gasteiger charge is 2.28. The van der Waals surface area contributed by atoms with Crippen LogP contribution in [0.25, 0.3) is 0 Å². The summed E-state index contributed by atoms with van der Waals surface area (Å²) in [4.78, 5) is 14.7. The fourth-order valence-corrected chi connectivity index (χ4v) is 1.67. The third kappa shape index (κ3) is 1.47. The maximum Gasteiger partial charge on any atom is 0.232 e. The Labute approximate surface area is 81.1 Å². The molecule has 0 amide bonds. The Morgan fingerprint density at radius 1 is 1.71 bits per heavy atom. The summed E-state index contributed by atoms with van der Waals surface area (Å²) in [7, 11) is 0. The maximum atomic E-state index is 10.6. The lowest BCUT2D eigenvalue weighted by molar-refractivity contribution is -0.527. The number of fused-ring (bicyclic) bond motifs is 1. The molecule has 1 atom stereocenters. The quantitative estimate of drug-likeness (QED) is 0.508. The molecule has 0 bridgehead atoms. The molecule has 14 heavy (non-hydrogen) atoms. The van der Waals surface area contributed by atoms with Gasteiger partial charge in [0.05, 0.1) is 0 Å². The van der Waals surface area contributed by atoms with E-state index in [1.165, 1.54) is 0 Å². The zero-order valence-electron chi connectivity index (χ0n) is 8.01. The third-order valence-electron chi connectivity index (χ3n) is 2.49. The van der Waals surface area contributed by atoms with Crippen molar-refractivity contribution in [1.82, 2.24) is 14.8 Å². The van der Waals surface area contributed by atoms with Gasteiger partial charge in [-0.3, -0.25) is 10.1 Å². The van der Waals surface area contributed by atoms with Crippen molar-refractivity contribution in [2.45, 2.75) is 38.8 Å². The molecule has 1 aromatic heterocycles. The average Bonchev–Trinajstić information content (AvgIpc) is 2.58. The molecule has 0 spiro atoms. The highest BCUT2D eigenvalue weighted by molar-refractivity contribution is 4.96. The summed E-state index contributed by atoms with van der Waals surface area (Å²) in [5.41, 5.74) is 0. The Morgan fingerprint density at radius 3 is 3.14 bits per heavy atom. The Bertz CT molecular complexity index is 360. The van der Waals surface area contributed by atoms with E-state index >= 15 is 0 Å². The number of nitro groups is 1. The maximum absolute atomic E-state index is 10.6. The standard InChI is InChI=1S/C8H12N4O2/c1-2-7-9-8-4-3-6(12(13)14)5-11(8)10-7/h6H,2-5H2,1H3. The second-order valence-electron chi connectivity index (χ2n) is 3.46. The SMILES string of the molecule is CCc1nc2n(n1)CC([N+](=O)[O-])CC2. The first kappa shape index (κ1) is 9.11. The molecular weight excluding hydrogens is 184 g/mol. The summed E-state index contributed by atoms with van der Waals surface area (Å²) in [6.07, 6.45) is 2.02. The number of aryl methyl sites for hydroxylation is 2. The molecule has 6 heteroatoms. The first-order chi connectivity index (χ1) is 6.70. The van der Waals surface area contributed by atoms with Gasteiger partial charge in [-0.25, -0.2) is 9.67 Å². The minimum absolute atomic E-state index is 0.226. The molecule has 1 aromatic rings. The van der Waals surface area contributed by atoms with Gasteiger partial charge < -0.3 is 0 Å². The van der Waals surface area contributed by atoms with E-state index in [2.05, 4.69) is 10.1 Å². The normalized spacial score (nSPS) is 20.5. The van der Waals surface area contributed by atoms with Crippen LogP contribution in [0.1, 0.15) is 25.0 Å². The molecule has 6 nitrogen and oxygen atoms in total. The number of nitrogens with zero attached hydrogens (tertiary/aromatic N) is 4. The zero-order chi connectivity index (χ0) is 10.1. The molecule has 1 aliphatic rings. The molecule has 0 radical (unpaired) electrons. The Morgan fingerprint density at radius 2 is 2.50 bits per heavy atom. The van der Waals surface area contributed by atoms with Crippen LogP contribution >= 0.6 is 0 Å². The average molecular weight is 196 g/mol. The highest BCUT2D eigenvalue weighted by Crippen LogP contribution is 2.14. The van der Waals surface area contributed by atoms with Crippen molar-refractivity contribution in [3.63, 3.8) is 0 Å². The van der Waals surface area contributed by atoms with Crippen molar-refractivity contribution in [2.24, 2.45) is 0 Å². The van der Waals surface area contributed by atoms with Crippen molar-refractivity contribution in [2.75, 3.05) is 0 Å². The van der Waals surface area contributed by atoms with E-state index in [1.54, 1.807) is 4.68 Å². The van der Waals surface area contributed by atoms with Gasteiger partial charge in [-0.2, -0.15) is 5.10 Å². The van der Waals surface area contributed by atoms with E-state index in [0.29, 0.717) is 19.4 Å².